The van der Waals surface area contributed by atoms with Crippen LogP contribution in [0.4, 0.5) is 0 Å². The lowest BCUT2D eigenvalue weighted by atomic mass is 10.2. The number of carbonyl (C=O) groups excluding carboxylic acids is 1. The summed E-state index contributed by atoms with van der Waals surface area (Å²) in [6.07, 6.45) is 0.702. The summed E-state index contributed by atoms with van der Waals surface area (Å²) in [5.74, 6) is 0.740. The number of aldehydes is 1. The fraction of sp³-hybridized carbons (Fsp3) is 0.167. The van der Waals surface area contributed by atoms with E-state index in [1.165, 1.54) is 0 Å². The molecule has 5 heteroatoms. The smallest absolute Gasteiger partial charge is 0.172 e. The van der Waals surface area contributed by atoms with Crippen molar-refractivity contribution in [2.75, 3.05) is 0 Å². The van der Waals surface area contributed by atoms with Gasteiger partial charge in [0.1, 0.15) is 18.1 Å². The highest BCUT2D eigenvalue weighted by atomic mass is 16.5. The molecule has 0 unspecified atom stereocenters. The predicted octanol–water partition coefficient (Wildman–Crippen LogP) is 3.28. The van der Waals surface area contributed by atoms with Gasteiger partial charge in [-0.2, -0.15) is 0 Å². The second kappa shape index (κ2) is 6.44. The maximum atomic E-state index is 11.2. The molecule has 23 heavy (non-hydrogen) atoms. The SMILES string of the molecule is Cc1ccc(OCc2c(C=O)nnn2-c2cccc(C)c2)cc1. The molecule has 5 nitrogen and oxygen atoms in total. The summed E-state index contributed by atoms with van der Waals surface area (Å²) in [5, 5.41) is 8.01. The van der Waals surface area contributed by atoms with E-state index in [0.717, 1.165) is 22.6 Å². The van der Waals surface area contributed by atoms with Crippen LogP contribution in [0.2, 0.25) is 0 Å². The topological polar surface area (TPSA) is 57.0 Å². The van der Waals surface area contributed by atoms with Crippen LogP contribution in [0.15, 0.2) is 48.5 Å². The van der Waals surface area contributed by atoms with Crippen LogP contribution in [-0.4, -0.2) is 21.3 Å². The quantitative estimate of drug-likeness (QED) is 0.679. The highest BCUT2D eigenvalue weighted by Gasteiger charge is 2.14. The first-order valence-corrected chi connectivity index (χ1v) is 7.33. The van der Waals surface area contributed by atoms with Crippen molar-refractivity contribution >= 4 is 6.29 Å². The van der Waals surface area contributed by atoms with Gasteiger partial charge < -0.3 is 4.74 Å². The molecule has 0 saturated heterocycles. The molecule has 0 N–H and O–H groups in total. The second-order valence-corrected chi connectivity index (χ2v) is 5.39. The fourth-order valence-corrected chi connectivity index (χ4v) is 2.29. The van der Waals surface area contributed by atoms with Crippen LogP contribution in [0.5, 0.6) is 5.75 Å². The highest BCUT2D eigenvalue weighted by Crippen LogP contribution is 2.17. The molecule has 0 aliphatic carbocycles. The van der Waals surface area contributed by atoms with Crippen molar-refractivity contribution in [1.82, 2.24) is 15.0 Å². The maximum Gasteiger partial charge on any atom is 0.172 e. The van der Waals surface area contributed by atoms with Gasteiger partial charge in [0, 0.05) is 0 Å². The van der Waals surface area contributed by atoms with Crippen molar-refractivity contribution in [1.29, 1.82) is 0 Å². The average Bonchev–Trinajstić information content (AvgIpc) is 2.97. The molecule has 0 aliphatic heterocycles. The van der Waals surface area contributed by atoms with E-state index in [0.29, 0.717) is 17.7 Å². The molecule has 0 saturated carbocycles. The normalized spacial score (nSPS) is 10.5. The number of aromatic nitrogens is 3. The van der Waals surface area contributed by atoms with Crippen molar-refractivity contribution in [3.05, 3.63) is 71.0 Å². The standard InChI is InChI=1S/C18H17N3O2/c1-13-6-8-16(9-7-13)23-12-18-17(11-22)19-20-21(18)15-5-3-4-14(2)10-15/h3-11H,12H2,1-2H3. The molecule has 1 aromatic heterocycles. The Hall–Kier alpha value is -2.95. The van der Waals surface area contributed by atoms with Crippen molar-refractivity contribution in [2.45, 2.75) is 20.5 Å². The Balaban J connectivity index is 1.89. The van der Waals surface area contributed by atoms with Gasteiger partial charge in [0.2, 0.25) is 0 Å². The summed E-state index contributed by atoms with van der Waals surface area (Å²) < 4.78 is 7.42. The molecule has 0 bridgehead atoms. The Morgan fingerprint density at radius 2 is 1.87 bits per heavy atom. The zero-order valence-electron chi connectivity index (χ0n) is 13.1. The molecular weight excluding hydrogens is 290 g/mol. The minimum atomic E-state index is 0.220. The van der Waals surface area contributed by atoms with E-state index >= 15 is 0 Å². The zero-order valence-corrected chi connectivity index (χ0v) is 13.1. The summed E-state index contributed by atoms with van der Waals surface area (Å²) in [6.45, 7) is 4.24. The summed E-state index contributed by atoms with van der Waals surface area (Å²) in [4.78, 5) is 11.2. The molecule has 1 heterocycles. The van der Waals surface area contributed by atoms with Gasteiger partial charge in [0.25, 0.3) is 0 Å². The van der Waals surface area contributed by atoms with Crippen LogP contribution in [0.3, 0.4) is 0 Å². The molecule has 116 valence electrons. The van der Waals surface area contributed by atoms with Gasteiger partial charge in [0.15, 0.2) is 12.0 Å². The third-order valence-corrected chi connectivity index (χ3v) is 3.55. The van der Waals surface area contributed by atoms with Gasteiger partial charge in [-0.25, -0.2) is 4.68 Å². The third kappa shape index (κ3) is 3.29. The van der Waals surface area contributed by atoms with Gasteiger partial charge in [-0.1, -0.05) is 35.0 Å². The Kier molecular flexibility index (Phi) is 4.19. The summed E-state index contributed by atoms with van der Waals surface area (Å²) in [7, 11) is 0. The average molecular weight is 307 g/mol. The van der Waals surface area contributed by atoms with E-state index in [1.807, 2.05) is 62.4 Å². The first-order valence-electron chi connectivity index (χ1n) is 7.33. The molecule has 0 radical (unpaired) electrons. The summed E-state index contributed by atoms with van der Waals surface area (Å²) in [6, 6.07) is 15.6. The minimum absolute atomic E-state index is 0.220. The first-order chi connectivity index (χ1) is 11.2. The van der Waals surface area contributed by atoms with Crippen LogP contribution in [0.1, 0.15) is 27.3 Å². The molecule has 0 fully saturated rings. The Morgan fingerprint density at radius 1 is 1.09 bits per heavy atom. The van der Waals surface area contributed by atoms with Crippen molar-refractivity contribution in [2.24, 2.45) is 0 Å². The van der Waals surface area contributed by atoms with Gasteiger partial charge in [0.05, 0.1) is 5.69 Å². The van der Waals surface area contributed by atoms with E-state index in [2.05, 4.69) is 10.3 Å². The summed E-state index contributed by atoms with van der Waals surface area (Å²) in [5.41, 5.74) is 4.05. The molecule has 2 aromatic carbocycles. The van der Waals surface area contributed by atoms with Crippen molar-refractivity contribution in [3.8, 4) is 11.4 Å². The van der Waals surface area contributed by atoms with Gasteiger partial charge in [-0.3, -0.25) is 4.79 Å². The number of nitrogens with zero attached hydrogens (tertiary/aromatic N) is 3. The Morgan fingerprint density at radius 3 is 2.57 bits per heavy atom. The van der Waals surface area contributed by atoms with Gasteiger partial charge in [-0.15, -0.1) is 5.10 Å². The van der Waals surface area contributed by atoms with E-state index in [9.17, 15) is 4.79 Å². The van der Waals surface area contributed by atoms with Crippen LogP contribution in [0.25, 0.3) is 5.69 Å². The van der Waals surface area contributed by atoms with Gasteiger partial charge >= 0.3 is 0 Å². The molecule has 0 atom stereocenters. The molecule has 3 rings (SSSR count). The van der Waals surface area contributed by atoms with E-state index in [-0.39, 0.29) is 6.61 Å². The Labute approximate surface area is 134 Å². The van der Waals surface area contributed by atoms with E-state index in [4.69, 9.17) is 4.74 Å². The number of aryl methyl sites for hydroxylation is 2. The number of hydrogen-bond donors (Lipinski definition) is 0. The monoisotopic (exact) mass is 307 g/mol. The lowest BCUT2D eigenvalue weighted by molar-refractivity contribution is 0.111. The van der Waals surface area contributed by atoms with Gasteiger partial charge in [-0.05, 0) is 43.7 Å². The number of hydrogen-bond acceptors (Lipinski definition) is 4. The van der Waals surface area contributed by atoms with Crippen LogP contribution in [0, 0.1) is 13.8 Å². The molecule has 0 aliphatic rings. The highest BCUT2D eigenvalue weighted by molar-refractivity contribution is 5.73. The second-order valence-electron chi connectivity index (χ2n) is 5.39. The lowest BCUT2D eigenvalue weighted by Crippen LogP contribution is -2.07. The van der Waals surface area contributed by atoms with Crippen LogP contribution >= 0.6 is 0 Å². The van der Waals surface area contributed by atoms with E-state index in [1.54, 1.807) is 4.68 Å². The molecular formula is C18H17N3O2. The van der Waals surface area contributed by atoms with Crippen LogP contribution < -0.4 is 4.74 Å². The minimum Gasteiger partial charge on any atom is -0.487 e. The summed E-state index contributed by atoms with van der Waals surface area (Å²) >= 11 is 0. The molecule has 0 amide bonds. The number of rotatable bonds is 5. The van der Waals surface area contributed by atoms with Crippen molar-refractivity contribution < 1.29 is 9.53 Å². The lowest BCUT2D eigenvalue weighted by Gasteiger charge is -2.09. The van der Waals surface area contributed by atoms with E-state index < -0.39 is 0 Å². The Bertz CT molecular complexity index is 823. The first kappa shape index (κ1) is 15.0. The molecule has 0 spiro atoms. The third-order valence-electron chi connectivity index (χ3n) is 3.55. The van der Waals surface area contributed by atoms with Crippen molar-refractivity contribution in [3.63, 3.8) is 0 Å². The molecule has 3 aromatic rings. The number of benzene rings is 2. The maximum absolute atomic E-state index is 11.2. The number of carbonyl (C=O) groups is 1. The van der Waals surface area contributed by atoms with Crippen LogP contribution in [-0.2, 0) is 6.61 Å². The fourth-order valence-electron chi connectivity index (χ4n) is 2.29. The largest absolute Gasteiger partial charge is 0.487 e. The zero-order chi connectivity index (χ0) is 16.2. The number of ether oxygens (including phenoxy) is 1. The predicted molar refractivity (Wildman–Crippen MR) is 87.0 cm³/mol.